The summed E-state index contributed by atoms with van der Waals surface area (Å²) in [6, 6.07) is 5.32. The van der Waals surface area contributed by atoms with Gasteiger partial charge in [0, 0.05) is 34.6 Å². The predicted octanol–water partition coefficient (Wildman–Crippen LogP) is 4.03. The van der Waals surface area contributed by atoms with Crippen LogP contribution in [0.5, 0.6) is 0 Å². The van der Waals surface area contributed by atoms with Gasteiger partial charge in [-0.2, -0.15) is 0 Å². The second-order valence-corrected chi connectivity index (χ2v) is 8.35. The highest BCUT2D eigenvalue weighted by atomic mass is 35.5. The summed E-state index contributed by atoms with van der Waals surface area (Å²) in [4.78, 5) is 32.7. The molecular weight excluding hydrogens is 378 g/mol. The van der Waals surface area contributed by atoms with E-state index in [0.29, 0.717) is 17.1 Å². The molecular formula is C17H16ClN3O2S2. The van der Waals surface area contributed by atoms with Gasteiger partial charge in [-0.05, 0) is 31.5 Å². The first kappa shape index (κ1) is 18.1. The molecule has 1 aromatic carbocycles. The van der Waals surface area contributed by atoms with Crippen LogP contribution < -0.4 is 5.32 Å². The Balaban J connectivity index is 1.55. The van der Waals surface area contributed by atoms with Crippen molar-refractivity contribution >= 4 is 57.2 Å². The zero-order valence-electron chi connectivity index (χ0n) is 13.7. The first-order valence-electron chi connectivity index (χ1n) is 7.66. The lowest BCUT2D eigenvalue weighted by Gasteiger charge is -2.09. The van der Waals surface area contributed by atoms with Crippen LogP contribution in [-0.2, 0) is 16.0 Å². The van der Waals surface area contributed by atoms with Crippen molar-refractivity contribution in [3.05, 3.63) is 44.9 Å². The normalized spacial score (nSPS) is 16.8. The minimum Gasteiger partial charge on any atom is -0.326 e. The molecule has 3 rings (SSSR count). The Labute approximate surface area is 158 Å². The van der Waals surface area contributed by atoms with E-state index in [-0.39, 0.29) is 18.2 Å². The molecule has 0 saturated carbocycles. The number of nitrogens with zero attached hydrogens (tertiary/aromatic N) is 2. The average Bonchev–Trinajstić information content (AvgIpc) is 3.09. The van der Waals surface area contributed by atoms with Crippen molar-refractivity contribution in [1.29, 1.82) is 0 Å². The Bertz CT molecular complexity index is 863. The Hall–Kier alpha value is -1.70. The van der Waals surface area contributed by atoms with Crippen LogP contribution in [0, 0.1) is 13.8 Å². The van der Waals surface area contributed by atoms with Crippen molar-refractivity contribution in [3.63, 3.8) is 0 Å². The summed E-state index contributed by atoms with van der Waals surface area (Å²) in [6.45, 7) is 3.82. The van der Waals surface area contributed by atoms with Gasteiger partial charge in [0.05, 0.1) is 10.1 Å². The van der Waals surface area contributed by atoms with Crippen LogP contribution in [0.3, 0.4) is 0 Å². The first-order chi connectivity index (χ1) is 11.9. The molecule has 130 valence electrons. The molecule has 5 nitrogen and oxygen atoms in total. The number of carbonyl (C=O) groups excluding carboxylic acids is 2. The Kier molecular flexibility index (Phi) is 5.56. The summed E-state index contributed by atoms with van der Waals surface area (Å²) < 4.78 is 0. The number of aliphatic imine (C=N–C) groups is 1. The van der Waals surface area contributed by atoms with Crippen LogP contribution in [0.2, 0.25) is 5.02 Å². The van der Waals surface area contributed by atoms with Gasteiger partial charge >= 0.3 is 0 Å². The summed E-state index contributed by atoms with van der Waals surface area (Å²) in [5.41, 5.74) is 2.52. The predicted molar refractivity (Wildman–Crippen MR) is 104 cm³/mol. The van der Waals surface area contributed by atoms with Gasteiger partial charge in [0.1, 0.15) is 5.25 Å². The van der Waals surface area contributed by atoms with Crippen LogP contribution >= 0.6 is 34.7 Å². The number of rotatable bonds is 5. The number of hydrogen-bond donors (Lipinski definition) is 1. The molecule has 1 aromatic heterocycles. The smallest absolute Gasteiger partial charge is 0.260 e. The quantitative estimate of drug-likeness (QED) is 0.832. The number of thiazole rings is 1. The van der Waals surface area contributed by atoms with Gasteiger partial charge in [-0.25, -0.2) is 9.98 Å². The zero-order chi connectivity index (χ0) is 18.0. The summed E-state index contributed by atoms with van der Waals surface area (Å²) in [5, 5.41) is 6.50. The molecule has 2 heterocycles. The fourth-order valence-electron chi connectivity index (χ4n) is 2.31. The highest BCUT2D eigenvalue weighted by molar-refractivity contribution is 8.15. The maximum Gasteiger partial charge on any atom is 0.260 e. The second kappa shape index (κ2) is 7.68. The number of benzene rings is 1. The largest absolute Gasteiger partial charge is 0.326 e. The molecule has 2 amide bonds. The molecule has 1 atom stereocenters. The Morgan fingerprint density at radius 3 is 2.84 bits per heavy atom. The molecule has 1 aliphatic heterocycles. The number of anilines is 1. The standard InChI is InChI=1S/C17H16ClN3O2S2/c1-9-3-4-11(5-12(9)18)20-14(22)6-13-17(23)21-16(25-13)7-15-19-10(2)8-24-15/h3-5,8,13H,6-7H2,1-2H3,(H,20,22)/t13-/m1/s1. The minimum atomic E-state index is -0.475. The highest BCUT2D eigenvalue weighted by Gasteiger charge is 2.30. The van der Waals surface area contributed by atoms with E-state index >= 15 is 0 Å². The van der Waals surface area contributed by atoms with Gasteiger partial charge in [0.25, 0.3) is 5.91 Å². The number of hydrogen-bond acceptors (Lipinski definition) is 5. The van der Waals surface area contributed by atoms with Gasteiger partial charge in [0.15, 0.2) is 0 Å². The number of amides is 2. The Morgan fingerprint density at radius 1 is 1.36 bits per heavy atom. The van der Waals surface area contributed by atoms with E-state index < -0.39 is 5.25 Å². The molecule has 1 aliphatic rings. The van der Waals surface area contributed by atoms with Crippen molar-refractivity contribution in [3.8, 4) is 0 Å². The van der Waals surface area contributed by atoms with E-state index in [9.17, 15) is 9.59 Å². The van der Waals surface area contributed by atoms with E-state index in [1.165, 1.54) is 11.8 Å². The lowest BCUT2D eigenvalue weighted by molar-refractivity contribution is -0.121. The van der Waals surface area contributed by atoms with Crippen molar-refractivity contribution in [2.45, 2.75) is 31.9 Å². The summed E-state index contributed by atoms with van der Waals surface area (Å²) >= 11 is 8.95. The average molecular weight is 394 g/mol. The Morgan fingerprint density at radius 2 is 2.16 bits per heavy atom. The van der Waals surface area contributed by atoms with Crippen LogP contribution in [-0.4, -0.2) is 27.1 Å². The highest BCUT2D eigenvalue weighted by Crippen LogP contribution is 2.28. The molecule has 2 aromatic rings. The van der Waals surface area contributed by atoms with Crippen molar-refractivity contribution in [1.82, 2.24) is 4.98 Å². The summed E-state index contributed by atoms with van der Waals surface area (Å²) in [5.74, 6) is -0.488. The number of thioether (sulfide) groups is 1. The first-order valence-corrected chi connectivity index (χ1v) is 9.79. The van der Waals surface area contributed by atoms with Crippen molar-refractivity contribution in [2.24, 2.45) is 4.99 Å². The molecule has 0 saturated heterocycles. The van der Waals surface area contributed by atoms with Crippen LogP contribution in [0.4, 0.5) is 5.69 Å². The topological polar surface area (TPSA) is 71.4 Å². The molecule has 0 bridgehead atoms. The molecule has 25 heavy (non-hydrogen) atoms. The maximum absolute atomic E-state index is 12.2. The van der Waals surface area contributed by atoms with Gasteiger partial charge in [0.2, 0.25) is 5.91 Å². The second-order valence-electron chi connectivity index (χ2n) is 5.73. The van der Waals surface area contributed by atoms with Crippen molar-refractivity contribution < 1.29 is 9.59 Å². The van der Waals surface area contributed by atoms with E-state index in [4.69, 9.17) is 11.6 Å². The van der Waals surface area contributed by atoms with E-state index in [1.807, 2.05) is 25.3 Å². The fourth-order valence-corrected chi connectivity index (χ4v) is 4.44. The van der Waals surface area contributed by atoms with Crippen LogP contribution in [0.1, 0.15) is 22.7 Å². The van der Waals surface area contributed by atoms with Crippen LogP contribution in [0.25, 0.3) is 0 Å². The lowest BCUT2D eigenvalue weighted by Crippen LogP contribution is -2.21. The SMILES string of the molecule is Cc1csc(CC2=NC(=O)[C@@H](CC(=O)Nc3ccc(C)c(Cl)c3)S2)n1. The molecule has 0 aliphatic carbocycles. The van der Waals surface area contributed by atoms with Crippen LogP contribution in [0.15, 0.2) is 28.6 Å². The number of carbonyl (C=O) groups is 2. The van der Waals surface area contributed by atoms with Gasteiger partial charge in [-0.3, -0.25) is 9.59 Å². The molecule has 0 unspecified atom stereocenters. The third-order valence-electron chi connectivity index (χ3n) is 3.58. The maximum atomic E-state index is 12.2. The monoisotopic (exact) mass is 393 g/mol. The molecule has 1 N–H and O–H groups in total. The lowest BCUT2D eigenvalue weighted by atomic mass is 10.2. The van der Waals surface area contributed by atoms with E-state index in [2.05, 4.69) is 15.3 Å². The van der Waals surface area contributed by atoms with Crippen molar-refractivity contribution in [2.75, 3.05) is 5.32 Å². The molecule has 0 fully saturated rings. The number of nitrogens with one attached hydrogen (secondary N) is 1. The molecule has 0 radical (unpaired) electrons. The van der Waals surface area contributed by atoms with Gasteiger partial charge in [-0.15, -0.1) is 11.3 Å². The summed E-state index contributed by atoms with van der Waals surface area (Å²) in [7, 11) is 0. The van der Waals surface area contributed by atoms with E-state index in [1.54, 1.807) is 23.5 Å². The zero-order valence-corrected chi connectivity index (χ0v) is 16.1. The third-order valence-corrected chi connectivity index (χ3v) is 6.12. The summed E-state index contributed by atoms with van der Waals surface area (Å²) in [6.07, 6.45) is 0.624. The number of halogens is 1. The number of aromatic nitrogens is 1. The molecule has 0 spiro atoms. The number of aryl methyl sites for hydroxylation is 2. The van der Waals surface area contributed by atoms with Gasteiger partial charge < -0.3 is 5.32 Å². The molecule has 8 heteroatoms. The van der Waals surface area contributed by atoms with Gasteiger partial charge in [-0.1, -0.05) is 29.4 Å². The fraction of sp³-hybridized carbons (Fsp3) is 0.294. The third kappa shape index (κ3) is 4.68. The minimum absolute atomic E-state index is 0.0822. The van der Waals surface area contributed by atoms with E-state index in [0.717, 1.165) is 21.3 Å².